The van der Waals surface area contributed by atoms with Crippen LogP contribution < -0.4 is 38.5 Å². The number of carbonyl (C=O) groups is 8. The van der Waals surface area contributed by atoms with Gasteiger partial charge in [-0.15, -0.1) is 11.8 Å². The lowest BCUT2D eigenvalue weighted by Crippen LogP contribution is -2.54. The Morgan fingerprint density at radius 2 is 1.67 bits per heavy atom. The quantitative estimate of drug-likeness (QED) is 0.0659. The first-order chi connectivity index (χ1) is 24.2. The third-order valence-electron chi connectivity index (χ3n) is 7.62. The predicted molar refractivity (Wildman–Crippen MR) is 189 cm³/mol. The van der Waals surface area contributed by atoms with Gasteiger partial charge in [0.1, 0.15) is 18.7 Å². The van der Waals surface area contributed by atoms with Crippen molar-refractivity contribution >= 4 is 65.0 Å². The number of imide groups is 1. The van der Waals surface area contributed by atoms with Crippen LogP contribution in [0.2, 0.25) is 0 Å². The maximum absolute atomic E-state index is 13.4. The Kier molecular flexibility index (Phi) is 18.0. The molecule has 1 heterocycles. The molecule has 0 spiro atoms. The highest BCUT2D eigenvalue weighted by Gasteiger charge is 2.38. The van der Waals surface area contributed by atoms with Crippen molar-refractivity contribution < 1.29 is 43.1 Å². The van der Waals surface area contributed by atoms with E-state index in [0.29, 0.717) is 36.9 Å². The number of urea groups is 1. The van der Waals surface area contributed by atoms with Crippen molar-refractivity contribution in [1.82, 2.24) is 20.9 Å². The lowest BCUT2D eigenvalue weighted by atomic mass is 10.0. The number of nitrogens with two attached hydrogens (primary N) is 3. The third-order valence-corrected chi connectivity index (χ3v) is 8.66. The highest BCUT2D eigenvalue weighted by atomic mass is 32.2. The fraction of sp³-hybridized carbons (Fsp3) is 0.515. The second-order valence-corrected chi connectivity index (χ2v) is 13.3. The van der Waals surface area contributed by atoms with Crippen molar-refractivity contribution in [2.45, 2.75) is 89.2 Å². The van der Waals surface area contributed by atoms with Gasteiger partial charge in [-0.1, -0.05) is 38.5 Å². The van der Waals surface area contributed by atoms with Crippen LogP contribution in [0.25, 0.3) is 0 Å². The number of unbranched alkanes of at least 4 members (excludes halogenated alkanes) is 2. The first kappa shape index (κ1) is 42.0. The summed E-state index contributed by atoms with van der Waals surface area (Å²) in [7, 11) is 0. The summed E-state index contributed by atoms with van der Waals surface area (Å²) in [5.41, 5.74) is 16.3. The maximum Gasteiger partial charge on any atom is 0.404 e. The van der Waals surface area contributed by atoms with E-state index in [9.17, 15) is 38.4 Å². The summed E-state index contributed by atoms with van der Waals surface area (Å²) in [5, 5.41) is 11.7. The number of thioether (sulfide) groups is 1. The summed E-state index contributed by atoms with van der Waals surface area (Å²) in [6, 6.07) is 3.74. The molecule has 17 nitrogen and oxygen atoms in total. The minimum atomic E-state index is -1.02. The van der Waals surface area contributed by atoms with Crippen LogP contribution in [-0.2, 0) is 40.1 Å². The van der Waals surface area contributed by atoms with Crippen LogP contribution in [0.4, 0.5) is 15.3 Å². The summed E-state index contributed by atoms with van der Waals surface area (Å²) in [4.78, 5) is 98.4. The second-order valence-electron chi connectivity index (χ2n) is 12.1. The van der Waals surface area contributed by atoms with E-state index in [1.54, 1.807) is 49.6 Å². The van der Waals surface area contributed by atoms with Gasteiger partial charge in [0.05, 0.1) is 5.25 Å². The number of nitrogens with one attached hydrogen (secondary N) is 4. The van der Waals surface area contributed by atoms with Crippen LogP contribution in [-0.4, -0.2) is 82.9 Å². The van der Waals surface area contributed by atoms with Crippen LogP contribution in [0.1, 0.15) is 70.8 Å². The molecule has 1 aliphatic rings. The second kappa shape index (κ2) is 21.8. The zero-order valence-corrected chi connectivity index (χ0v) is 29.6. The Bertz CT molecular complexity index is 1440. The topological polar surface area (TPSA) is 275 Å². The molecule has 280 valence electrons. The molecular weight excluding hydrogens is 684 g/mol. The first-order valence-corrected chi connectivity index (χ1v) is 17.5. The van der Waals surface area contributed by atoms with Gasteiger partial charge in [0, 0.05) is 38.0 Å². The van der Waals surface area contributed by atoms with E-state index < -0.39 is 47.2 Å². The van der Waals surface area contributed by atoms with Crippen molar-refractivity contribution in [3.63, 3.8) is 0 Å². The average Bonchev–Trinajstić information content (AvgIpc) is 3.33. The number of amides is 9. The Morgan fingerprint density at radius 3 is 2.29 bits per heavy atom. The number of primary amides is 3. The summed E-state index contributed by atoms with van der Waals surface area (Å²) in [6.07, 6.45) is 2.81. The van der Waals surface area contributed by atoms with Gasteiger partial charge >= 0.3 is 12.1 Å². The summed E-state index contributed by atoms with van der Waals surface area (Å²) in [6.45, 7) is 3.86. The van der Waals surface area contributed by atoms with E-state index in [2.05, 4.69) is 21.3 Å². The number of hydrogen-bond donors (Lipinski definition) is 7. The Labute approximate surface area is 300 Å². The molecule has 1 aliphatic heterocycles. The lowest BCUT2D eigenvalue weighted by Gasteiger charge is -2.25. The van der Waals surface area contributed by atoms with Gasteiger partial charge in [0.15, 0.2) is 0 Å². The van der Waals surface area contributed by atoms with Crippen molar-refractivity contribution in [2.75, 3.05) is 18.4 Å². The highest BCUT2D eigenvalue weighted by Crippen LogP contribution is 2.26. The molecular formula is C33H48N8O9S. The summed E-state index contributed by atoms with van der Waals surface area (Å²) >= 11 is 1.17. The first-order valence-electron chi connectivity index (χ1n) is 16.6. The Balaban J connectivity index is 1.89. The number of anilines is 1. The van der Waals surface area contributed by atoms with E-state index in [0.717, 1.165) is 0 Å². The molecule has 51 heavy (non-hydrogen) atoms. The fourth-order valence-corrected chi connectivity index (χ4v) is 5.82. The van der Waals surface area contributed by atoms with Crippen LogP contribution >= 0.6 is 11.8 Å². The average molecular weight is 733 g/mol. The number of carbonyl (C=O) groups excluding carboxylic acids is 8. The van der Waals surface area contributed by atoms with Crippen molar-refractivity contribution in [1.29, 1.82) is 0 Å². The van der Waals surface area contributed by atoms with Crippen LogP contribution in [0.15, 0.2) is 35.7 Å². The number of rotatable bonds is 22. The lowest BCUT2D eigenvalue weighted by molar-refractivity contribution is -0.138. The minimum absolute atomic E-state index is 0.0431. The number of hydrogen-bond acceptors (Lipinski definition) is 10. The van der Waals surface area contributed by atoms with E-state index in [4.69, 9.17) is 21.9 Å². The number of ether oxygens (including phenoxy) is 1. The highest BCUT2D eigenvalue weighted by molar-refractivity contribution is 8.03. The normalized spacial score (nSPS) is 15.4. The van der Waals surface area contributed by atoms with Crippen molar-refractivity contribution in [2.24, 2.45) is 23.1 Å². The van der Waals surface area contributed by atoms with Crippen LogP contribution in [0.3, 0.4) is 0 Å². The van der Waals surface area contributed by atoms with E-state index >= 15 is 0 Å². The van der Waals surface area contributed by atoms with Crippen LogP contribution in [0, 0.1) is 5.92 Å². The molecule has 9 amide bonds. The molecule has 10 N–H and O–H groups in total. The van der Waals surface area contributed by atoms with Crippen molar-refractivity contribution in [3.8, 4) is 0 Å². The molecule has 1 aromatic rings. The van der Waals surface area contributed by atoms with Crippen molar-refractivity contribution in [3.05, 3.63) is 41.3 Å². The largest absolute Gasteiger partial charge is 0.445 e. The fourth-order valence-electron chi connectivity index (χ4n) is 4.94. The molecule has 0 aliphatic carbocycles. The van der Waals surface area contributed by atoms with Gasteiger partial charge in [0.2, 0.25) is 35.4 Å². The van der Waals surface area contributed by atoms with E-state index in [1.807, 2.05) is 0 Å². The minimum Gasteiger partial charge on any atom is -0.445 e. The zero-order chi connectivity index (χ0) is 37.9. The number of likely N-dealkylation sites (tertiary alicyclic amines) is 1. The monoisotopic (exact) mass is 732 g/mol. The SMILES string of the molecule is CC(C)[C@H](NC(=O)CCCCCN1C(=O)CC(S/C=C/CC(N)=O)C1=O)C(=O)N[C@@H](CCCNC(N)=O)C(=O)Nc1ccc(COC(N)=O)cc1. The van der Waals surface area contributed by atoms with Gasteiger partial charge in [-0.05, 0) is 54.7 Å². The number of nitrogens with zero attached hydrogens (tertiary/aromatic N) is 1. The molecule has 0 bridgehead atoms. The Hall–Kier alpha value is -5.13. The summed E-state index contributed by atoms with van der Waals surface area (Å²) in [5.74, 6) is -2.85. The Morgan fingerprint density at radius 1 is 0.961 bits per heavy atom. The van der Waals surface area contributed by atoms with Crippen LogP contribution in [0.5, 0.6) is 0 Å². The van der Waals surface area contributed by atoms with Gasteiger partial charge < -0.3 is 43.2 Å². The molecule has 1 aromatic carbocycles. The van der Waals surface area contributed by atoms with Gasteiger partial charge in [-0.25, -0.2) is 9.59 Å². The standard InChI is InChI=1S/C33H48N8O9S/c1-20(2)28(40-26(43)10-4-3-5-16-41-27(44)18-24(31(41)47)51-17-7-9-25(34)42)30(46)39-23(8-6-15-37-32(35)48)29(45)38-22-13-11-21(12-14-22)19-50-33(36)49/h7,11-14,17,20,23-24,28H,3-6,8-10,15-16,18-19H2,1-2H3,(H2,34,42)(H2,36,49)(H,38,45)(H,39,46)(H,40,43)(H3,35,37,48)/b17-7+/t23-,24?,28-/m0/s1. The molecule has 2 rings (SSSR count). The maximum atomic E-state index is 13.4. The van der Waals surface area contributed by atoms with E-state index in [1.165, 1.54) is 16.7 Å². The molecule has 0 aromatic heterocycles. The molecule has 1 saturated heterocycles. The van der Waals surface area contributed by atoms with E-state index in [-0.39, 0.29) is 69.0 Å². The zero-order valence-electron chi connectivity index (χ0n) is 28.8. The van der Waals surface area contributed by atoms with Gasteiger partial charge in [-0.3, -0.25) is 33.7 Å². The molecule has 1 fully saturated rings. The summed E-state index contributed by atoms with van der Waals surface area (Å²) < 4.78 is 4.75. The molecule has 1 unspecified atom stereocenters. The smallest absolute Gasteiger partial charge is 0.404 e. The van der Waals surface area contributed by atoms with Gasteiger partial charge in [0.25, 0.3) is 0 Å². The molecule has 0 radical (unpaired) electrons. The molecule has 18 heteroatoms. The third kappa shape index (κ3) is 16.0. The van der Waals surface area contributed by atoms with Gasteiger partial charge in [-0.2, -0.15) is 0 Å². The molecule has 3 atom stereocenters. The molecule has 0 saturated carbocycles. The predicted octanol–water partition coefficient (Wildman–Crippen LogP) is 1.10. The number of benzene rings is 1.